The lowest BCUT2D eigenvalue weighted by atomic mass is 10.2. The van der Waals surface area contributed by atoms with Crippen molar-refractivity contribution in [3.05, 3.63) is 80.7 Å². The first-order valence-corrected chi connectivity index (χ1v) is 8.16. The maximum Gasteiger partial charge on any atom is 0.433 e. The number of hydrogen-bond acceptors (Lipinski definition) is 6. The summed E-state index contributed by atoms with van der Waals surface area (Å²) in [5.41, 5.74) is 0.465. The highest BCUT2D eigenvalue weighted by molar-refractivity contribution is 8.02. The molecule has 0 aliphatic carbocycles. The maximum atomic E-state index is 12.6. The highest BCUT2D eigenvalue weighted by atomic mass is 32.2. The molecule has 0 aliphatic heterocycles. The van der Waals surface area contributed by atoms with Crippen LogP contribution >= 0.6 is 11.8 Å². The minimum atomic E-state index is -0.600. The van der Waals surface area contributed by atoms with E-state index in [0.717, 1.165) is 0 Å². The van der Waals surface area contributed by atoms with Crippen LogP contribution in [-0.4, -0.2) is 14.5 Å². The van der Waals surface area contributed by atoms with E-state index in [9.17, 15) is 14.9 Å². The molecule has 2 aromatic heterocycles. The van der Waals surface area contributed by atoms with Crippen molar-refractivity contribution in [3.8, 4) is 0 Å². The zero-order chi connectivity index (χ0) is 17.8. The molecule has 0 N–H and O–H groups in total. The van der Waals surface area contributed by atoms with Crippen molar-refractivity contribution >= 4 is 34.6 Å². The number of benzene rings is 1. The summed E-state index contributed by atoms with van der Waals surface area (Å²) in [5.74, 6) is 0.0228. The molecule has 1 aromatic carbocycles. The standard InChI is InChI=1S/C17H13N3O4S/c1-2-10-19-16(21)13-5-3-4-6-14(13)18-17(19)25-11-9-12-7-8-15(24-12)20(22)23/h2-9,11H,1,10H2/b11-9+. The maximum absolute atomic E-state index is 12.6. The Labute approximate surface area is 146 Å². The highest BCUT2D eigenvalue weighted by Crippen LogP contribution is 2.22. The molecule has 0 spiro atoms. The molecule has 8 heteroatoms. The average molecular weight is 355 g/mol. The molecule has 0 saturated heterocycles. The van der Waals surface area contributed by atoms with E-state index in [-0.39, 0.29) is 11.4 Å². The minimum absolute atomic E-state index is 0.143. The van der Waals surface area contributed by atoms with Crippen molar-refractivity contribution in [3.63, 3.8) is 0 Å². The predicted octanol–water partition coefficient (Wildman–Crippen LogP) is 3.85. The van der Waals surface area contributed by atoms with Gasteiger partial charge in [-0.05, 0) is 29.7 Å². The Kier molecular flexibility index (Phi) is 4.80. The normalized spacial score (nSPS) is 11.2. The number of thioether (sulfide) groups is 1. The van der Waals surface area contributed by atoms with Crippen molar-refractivity contribution in [2.45, 2.75) is 11.7 Å². The number of nitro groups is 1. The van der Waals surface area contributed by atoms with Crippen LogP contribution in [0.3, 0.4) is 0 Å². The van der Waals surface area contributed by atoms with Gasteiger partial charge in [0.25, 0.3) is 5.56 Å². The van der Waals surface area contributed by atoms with E-state index >= 15 is 0 Å². The Morgan fingerprint density at radius 2 is 2.12 bits per heavy atom. The molecule has 2 heterocycles. The summed E-state index contributed by atoms with van der Waals surface area (Å²) in [6.07, 6.45) is 3.21. The van der Waals surface area contributed by atoms with Crippen LogP contribution in [0.2, 0.25) is 0 Å². The number of rotatable bonds is 6. The van der Waals surface area contributed by atoms with E-state index in [1.54, 1.807) is 35.8 Å². The van der Waals surface area contributed by atoms with Gasteiger partial charge in [0.05, 0.1) is 17.0 Å². The second-order valence-electron chi connectivity index (χ2n) is 4.97. The van der Waals surface area contributed by atoms with E-state index in [2.05, 4.69) is 11.6 Å². The van der Waals surface area contributed by atoms with Crippen LogP contribution in [0.15, 0.2) is 68.8 Å². The molecule has 7 nitrogen and oxygen atoms in total. The van der Waals surface area contributed by atoms with E-state index in [1.807, 2.05) is 6.07 Å². The Morgan fingerprint density at radius 1 is 1.32 bits per heavy atom. The van der Waals surface area contributed by atoms with Crippen LogP contribution in [0.4, 0.5) is 5.88 Å². The van der Waals surface area contributed by atoms with Gasteiger partial charge in [0, 0.05) is 6.54 Å². The van der Waals surface area contributed by atoms with Crippen LogP contribution in [0.1, 0.15) is 5.76 Å². The first-order valence-electron chi connectivity index (χ1n) is 7.28. The summed E-state index contributed by atoms with van der Waals surface area (Å²) in [6, 6.07) is 9.90. The number of hydrogen-bond donors (Lipinski definition) is 0. The average Bonchev–Trinajstić information content (AvgIpc) is 3.07. The highest BCUT2D eigenvalue weighted by Gasteiger charge is 2.11. The SMILES string of the molecule is C=CCn1c(S/C=C/c2ccc([N+](=O)[O-])o2)nc2ccccc2c1=O. The molecule has 3 rings (SSSR count). The summed E-state index contributed by atoms with van der Waals surface area (Å²) in [4.78, 5) is 27.1. The zero-order valence-corrected chi connectivity index (χ0v) is 13.8. The molecule has 0 bridgehead atoms. The van der Waals surface area contributed by atoms with E-state index in [4.69, 9.17) is 4.42 Å². The molecule has 3 aromatic rings. The van der Waals surface area contributed by atoms with Crippen LogP contribution in [-0.2, 0) is 6.54 Å². The third-order valence-electron chi connectivity index (χ3n) is 3.34. The Balaban J connectivity index is 1.92. The van der Waals surface area contributed by atoms with Gasteiger partial charge in [0.15, 0.2) is 5.16 Å². The van der Waals surface area contributed by atoms with E-state index in [1.165, 1.54) is 28.5 Å². The molecule has 0 aliphatic rings. The van der Waals surface area contributed by atoms with Crippen molar-refractivity contribution in [2.75, 3.05) is 0 Å². The molecule has 0 radical (unpaired) electrons. The molecule has 0 atom stereocenters. The predicted molar refractivity (Wildman–Crippen MR) is 96.5 cm³/mol. The number of aromatic nitrogens is 2. The number of para-hydroxylation sites is 1. The van der Waals surface area contributed by atoms with Gasteiger partial charge in [0.1, 0.15) is 10.7 Å². The van der Waals surface area contributed by atoms with Gasteiger partial charge in [-0.2, -0.15) is 0 Å². The lowest BCUT2D eigenvalue weighted by Crippen LogP contribution is -2.22. The number of allylic oxidation sites excluding steroid dienone is 1. The Bertz CT molecular complexity index is 1040. The summed E-state index contributed by atoms with van der Waals surface area (Å²) < 4.78 is 6.57. The number of nitrogens with zero attached hydrogens (tertiary/aromatic N) is 3. The summed E-state index contributed by atoms with van der Waals surface area (Å²) >= 11 is 1.22. The van der Waals surface area contributed by atoms with Crippen molar-refractivity contribution in [1.82, 2.24) is 9.55 Å². The van der Waals surface area contributed by atoms with Gasteiger partial charge in [-0.1, -0.05) is 30.0 Å². The van der Waals surface area contributed by atoms with Crippen LogP contribution < -0.4 is 5.56 Å². The monoisotopic (exact) mass is 355 g/mol. The molecular weight excluding hydrogens is 342 g/mol. The van der Waals surface area contributed by atoms with Crippen LogP contribution in [0.25, 0.3) is 17.0 Å². The summed E-state index contributed by atoms with van der Waals surface area (Å²) in [7, 11) is 0. The second kappa shape index (κ2) is 7.18. The molecule has 0 amide bonds. The van der Waals surface area contributed by atoms with Gasteiger partial charge in [-0.3, -0.25) is 19.5 Å². The summed E-state index contributed by atoms with van der Waals surface area (Å²) in [6.45, 7) is 4.00. The molecule has 0 saturated carbocycles. The van der Waals surface area contributed by atoms with Gasteiger partial charge in [0.2, 0.25) is 0 Å². The lowest BCUT2D eigenvalue weighted by Gasteiger charge is -2.09. The number of fused-ring (bicyclic) bond motifs is 1. The topological polar surface area (TPSA) is 91.2 Å². The first kappa shape index (κ1) is 16.7. The lowest BCUT2D eigenvalue weighted by molar-refractivity contribution is -0.402. The Hall–Kier alpha value is -3.13. The fourth-order valence-electron chi connectivity index (χ4n) is 2.22. The third kappa shape index (κ3) is 3.53. The van der Waals surface area contributed by atoms with Crippen molar-refractivity contribution < 1.29 is 9.34 Å². The molecular formula is C17H13N3O4S. The molecule has 126 valence electrons. The smallest absolute Gasteiger partial charge is 0.401 e. The fraction of sp³-hybridized carbons (Fsp3) is 0.0588. The molecule has 25 heavy (non-hydrogen) atoms. The van der Waals surface area contributed by atoms with Gasteiger partial charge >= 0.3 is 5.88 Å². The fourth-order valence-corrected chi connectivity index (χ4v) is 2.98. The molecule has 0 fully saturated rings. The zero-order valence-electron chi connectivity index (χ0n) is 13.0. The third-order valence-corrected chi connectivity index (χ3v) is 4.13. The van der Waals surface area contributed by atoms with Gasteiger partial charge < -0.3 is 4.42 Å². The quantitative estimate of drug-likeness (QED) is 0.219. The van der Waals surface area contributed by atoms with Crippen molar-refractivity contribution in [1.29, 1.82) is 0 Å². The van der Waals surface area contributed by atoms with Gasteiger partial charge in [-0.15, -0.1) is 6.58 Å². The largest absolute Gasteiger partial charge is 0.433 e. The Morgan fingerprint density at radius 3 is 2.84 bits per heavy atom. The van der Waals surface area contributed by atoms with E-state index in [0.29, 0.717) is 28.4 Å². The van der Waals surface area contributed by atoms with Crippen LogP contribution in [0.5, 0.6) is 0 Å². The number of furan rings is 1. The molecule has 0 unspecified atom stereocenters. The van der Waals surface area contributed by atoms with Crippen LogP contribution in [0, 0.1) is 10.1 Å². The van der Waals surface area contributed by atoms with E-state index < -0.39 is 4.92 Å². The van der Waals surface area contributed by atoms with Crippen molar-refractivity contribution in [2.24, 2.45) is 0 Å². The minimum Gasteiger partial charge on any atom is -0.401 e. The summed E-state index contributed by atoms with van der Waals surface area (Å²) in [5, 5.41) is 13.3. The van der Waals surface area contributed by atoms with Gasteiger partial charge in [-0.25, -0.2) is 4.98 Å². The first-order chi connectivity index (χ1) is 12.1. The second-order valence-corrected chi connectivity index (χ2v) is 5.84.